The van der Waals surface area contributed by atoms with Gasteiger partial charge < -0.3 is 10.1 Å². The number of halogens is 1. The smallest absolute Gasteiger partial charge is 0.271 e. The fourth-order valence-corrected chi connectivity index (χ4v) is 3.81. The Kier molecular flexibility index (Phi) is 6.96. The molecular weight excluding hydrogens is 458 g/mol. The Balaban J connectivity index is 1.89. The molecule has 3 aromatic rings. The van der Waals surface area contributed by atoms with E-state index in [4.69, 9.17) is 16.3 Å². The van der Waals surface area contributed by atoms with Gasteiger partial charge in [-0.2, -0.15) is 0 Å². The van der Waals surface area contributed by atoms with E-state index in [-0.39, 0.29) is 27.8 Å². The zero-order valence-corrected chi connectivity index (χ0v) is 18.3. The molecule has 0 heterocycles. The van der Waals surface area contributed by atoms with Crippen LogP contribution in [0.1, 0.15) is 0 Å². The molecular formula is C21H18ClN3O6S. The van der Waals surface area contributed by atoms with Gasteiger partial charge in [-0.1, -0.05) is 41.9 Å². The lowest BCUT2D eigenvalue weighted by Crippen LogP contribution is -2.37. The molecule has 0 radical (unpaired) electrons. The maximum atomic E-state index is 12.7. The van der Waals surface area contributed by atoms with Crippen molar-refractivity contribution in [2.24, 2.45) is 0 Å². The van der Waals surface area contributed by atoms with Crippen molar-refractivity contribution in [3.8, 4) is 11.5 Å². The number of nitro groups is 1. The lowest BCUT2D eigenvalue weighted by Gasteiger charge is -2.24. The Bertz CT molecular complexity index is 1250. The molecule has 0 aromatic heterocycles. The van der Waals surface area contributed by atoms with Gasteiger partial charge in [0, 0.05) is 12.1 Å². The number of hydrogen-bond acceptors (Lipinski definition) is 6. The van der Waals surface area contributed by atoms with E-state index in [2.05, 4.69) is 5.32 Å². The monoisotopic (exact) mass is 475 g/mol. The zero-order chi connectivity index (χ0) is 23.3. The van der Waals surface area contributed by atoms with Gasteiger partial charge in [-0.15, -0.1) is 0 Å². The summed E-state index contributed by atoms with van der Waals surface area (Å²) in [7, 11) is -3.90. The molecule has 11 heteroatoms. The number of anilines is 2. The van der Waals surface area contributed by atoms with E-state index in [1.54, 1.807) is 42.5 Å². The molecule has 0 spiro atoms. The quantitative estimate of drug-likeness (QED) is 0.380. The zero-order valence-electron chi connectivity index (χ0n) is 16.8. The van der Waals surface area contributed by atoms with Gasteiger partial charge in [-0.05, 0) is 30.3 Å². The number of nitro benzene ring substituents is 1. The van der Waals surface area contributed by atoms with Crippen molar-refractivity contribution in [1.29, 1.82) is 0 Å². The molecule has 3 rings (SSSR count). The summed E-state index contributed by atoms with van der Waals surface area (Å²) in [5.74, 6) is -0.0288. The van der Waals surface area contributed by atoms with E-state index in [0.717, 1.165) is 16.6 Å². The third-order valence-corrected chi connectivity index (χ3v) is 5.68. The van der Waals surface area contributed by atoms with Gasteiger partial charge >= 0.3 is 0 Å². The van der Waals surface area contributed by atoms with Crippen molar-refractivity contribution < 1.29 is 22.9 Å². The lowest BCUT2D eigenvalue weighted by molar-refractivity contribution is -0.384. The second-order valence-electron chi connectivity index (χ2n) is 6.62. The van der Waals surface area contributed by atoms with Gasteiger partial charge in [0.25, 0.3) is 5.69 Å². The van der Waals surface area contributed by atoms with Crippen LogP contribution in [0.25, 0.3) is 0 Å². The van der Waals surface area contributed by atoms with Crippen LogP contribution < -0.4 is 14.4 Å². The molecule has 166 valence electrons. The molecule has 0 fully saturated rings. The number of nitrogens with zero attached hydrogens (tertiary/aromatic N) is 2. The SMILES string of the molecule is CS(=O)(=O)N(CC(=O)Nc1cc([N+](=O)[O-])ccc1Cl)c1ccccc1Oc1ccccc1. The van der Waals surface area contributed by atoms with Crippen LogP contribution in [0.3, 0.4) is 0 Å². The number of rotatable bonds is 8. The molecule has 0 aliphatic heterocycles. The Hall–Kier alpha value is -3.63. The first-order chi connectivity index (χ1) is 15.1. The molecule has 0 aliphatic rings. The number of hydrogen-bond donors (Lipinski definition) is 1. The lowest BCUT2D eigenvalue weighted by atomic mass is 10.2. The molecule has 0 saturated heterocycles. The molecule has 1 amide bonds. The van der Waals surface area contributed by atoms with E-state index < -0.39 is 27.4 Å². The summed E-state index contributed by atoms with van der Waals surface area (Å²) in [6, 6.07) is 18.7. The van der Waals surface area contributed by atoms with Gasteiger partial charge in [0.1, 0.15) is 12.3 Å². The van der Waals surface area contributed by atoms with Crippen LogP contribution >= 0.6 is 11.6 Å². The summed E-state index contributed by atoms with van der Waals surface area (Å²) in [6.45, 7) is -0.604. The molecule has 0 unspecified atom stereocenters. The van der Waals surface area contributed by atoms with Crippen molar-refractivity contribution in [3.05, 3.63) is 87.9 Å². The highest BCUT2D eigenvalue weighted by molar-refractivity contribution is 7.92. The van der Waals surface area contributed by atoms with E-state index >= 15 is 0 Å². The van der Waals surface area contributed by atoms with Crippen LogP contribution in [0.2, 0.25) is 5.02 Å². The van der Waals surface area contributed by atoms with Gasteiger partial charge in [-0.25, -0.2) is 8.42 Å². The van der Waals surface area contributed by atoms with Crippen molar-refractivity contribution in [2.75, 3.05) is 22.4 Å². The number of ether oxygens (including phenoxy) is 1. The van der Waals surface area contributed by atoms with Crippen LogP contribution in [0.5, 0.6) is 11.5 Å². The average molecular weight is 476 g/mol. The van der Waals surface area contributed by atoms with Gasteiger partial charge in [0.15, 0.2) is 5.75 Å². The number of carbonyl (C=O) groups is 1. The Morgan fingerprint density at radius 1 is 1.09 bits per heavy atom. The van der Waals surface area contributed by atoms with E-state index in [0.29, 0.717) is 5.75 Å². The van der Waals surface area contributed by atoms with E-state index in [1.165, 1.54) is 18.2 Å². The highest BCUT2D eigenvalue weighted by Crippen LogP contribution is 2.33. The van der Waals surface area contributed by atoms with Gasteiger partial charge in [-0.3, -0.25) is 19.2 Å². The third-order valence-electron chi connectivity index (χ3n) is 4.23. The van der Waals surface area contributed by atoms with Crippen LogP contribution in [0.15, 0.2) is 72.8 Å². The minimum atomic E-state index is -3.90. The van der Waals surface area contributed by atoms with Crippen LogP contribution in [0.4, 0.5) is 17.1 Å². The standard InChI is InChI=1S/C21H18ClN3O6S/c1-32(29,30)24(14-21(26)23-18-13-15(25(27)28)11-12-17(18)22)19-9-5-6-10-20(19)31-16-7-3-2-4-8-16/h2-13H,14H2,1H3,(H,23,26). The minimum absolute atomic E-state index is 0.00635. The molecule has 9 nitrogen and oxygen atoms in total. The maximum absolute atomic E-state index is 12.7. The Labute approximate surface area is 189 Å². The van der Waals surface area contributed by atoms with Crippen molar-refractivity contribution >= 4 is 44.6 Å². The predicted octanol–water partition coefficient (Wildman–Crippen LogP) is 4.45. The third kappa shape index (κ3) is 5.74. The summed E-state index contributed by atoms with van der Waals surface area (Å²) in [6.07, 6.45) is 0.958. The number of amides is 1. The number of para-hydroxylation sites is 3. The summed E-state index contributed by atoms with van der Waals surface area (Å²) in [4.78, 5) is 23.0. The topological polar surface area (TPSA) is 119 Å². The van der Waals surface area contributed by atoms with Crippen molar-refractivity contribution in [2.45, 2.75) is 0 Å². The number of nitrogens with one attached hydrogen (secondary N) is 1. The number of non-ortho nitro benzene ring substituents is 1. The van der Waals surface area contributed by atoms with Crippen LogP contribution in [0, 0.1) is 10.1 Å². The molecule has 0 atom stereocenters. The normalized spacial score (nSPS) is 10.9. The predicted molar refractivity (Wildman–Crippen MR) is 122 cm³/mol. The van der Waals surface area contributed by atoms with Crippen molar-refractivity contribution in [1.82, 2.24) is 0 Å². The molecule has 32 heavy (non-hydrogen) atoms. The first kappa shape index (κ1) is 23.0. The summed E-state index contributed by atoms with van der Waals surface area (Å²) < 4.78 is 31.7. The van der Waals surface area contributed by atoms with Crippen LogP contribution in [-0.2, 0) is 14.8 Å². The van der Waals surface area contributed by atoms with Gasteiger partial charge in [0.05, 0.1) is 27.6 Å². The fraction of sp³-hybridized carbons (Fsp3) is 0.0952. The highest BCUT2D eigenvalue weighted by atomic mass is 35.5. The van der Waals surface area contributed by atoms with E-state index in [9.17, 15) is 23.3 Å². The first-order valence-corrected chi connectivity index (χ1v) is 11.4. The fourth-order valence-electron chi connectivity index (χ4n) is 2.79. The number of benzene rings is 3. The Morgan fingerprint density at radius 2 is 1.75 bits per heavy atom. The number of sulfonamides is 1. The van der Waals surface area contributed by atoms with Gasteiger partial charge in [0.2, 0.25) is 15.9 Å². The maximum Gasteiger partial charge on any atom is 0.271 e. The summed E-state index contributed by atoms with van der Waals surface area (Å²) >= 11 is 6.01. The summed E-state index contributed by atoms with van der Waals surface area (Å²) in [5, 5.41) is 13.5. The minimum Gasteiger partial charge on any atom is -0.455 e. The second kappa shape index (κ2) is 9.67. The summed E-state index contributed by atoms with van der Waals surface area (Å²) in [5.41, 5.74) is -0.126. The van der Waals surface area contributed by atoms with Crippen molar-refractivity contribution in [3.63, 3.8) is 0 Å². The molecule has 0 bridgehead atoms. The first-order valence-electron chi connectivity index (χ1n) is 9.18. The molecule has 1 N–H and O–H groups in total. The second-order valence-corrected chi connectivity index (χ2v) is 8.94. The van der Waals surface area contributed by atoms with E-state index in [1.807, 2.05) is 6.07 Å². The highest BCUT2D eigenvalue weighted by Gasteiger charge is 2.25. The van der Waals surface area contributed by atoms with Crippen LogP contribution in [-0.4, -0.2) is 32.0 Å². The molecule has 0 aliphatic carbocycles. The largest absolute Gasteiger partial charge is 0.455 e. The molecule has 3 aromatic carbocycles. The molecule has 0 saturated carbocycles. The average Bonchev–Trinajstić information content (AvgIpc) is 2.74. The number of carbonyl (C=O) groups excluding carboxylic acids is 1. The Morgan fingerprint density at radius 3 is 2.41 bits per heavy atom.